The van der Waals surface area contributed by atoms with E-state index in [-0.39, 0.29) is 58.3 Å². The molecule has 4 aliphatic carbocycles. The molecular formula is C60H66N4O6. The highest BCUT2D eigenvalue weighted by atomic mass is 16.5. The van der Waals surface area contributed by atoms with Gasteiger partial charge in [-0.15, -0.1) is 0 Å². The van der Waals surface area contributed by atoms with Crippen LogP contribution in [0.15, 0.2) is 97.1 Å². The predicted molar refractivity (Wildman–Crippen MR) is 265 cm³/mol. The van der Waals surface area contributed by atoms with Crippen LogP contribution in [-0.2, 0) is 54.3 Å². The van der Waals surface area contributed by atoms with Gasteiger partial charge in [0.15, 0.2) is 0 Å². The molecule has 4 saturated carbocycles. The van der Waals surface area contributed by atoms with Crippen LogP contribution in [0.2, 0.25) is 0 Å². The molecule has 362 valence electrons. The second-order valence-electron chi connectivity index (χ2n) is 24.3. The summed E-state index contributed by atoms with van der Waals surface area (Å²) in [6.45, 7) is 8.20. The number of methoxy groups -OCH3 is 1. The van der Waals surface area contributed by atoms with Crippen LogP contribution >= 0.6 is 0 Å². The zero-order valence-electron chi connectivity index (χ0n) is 40.9. The van der Waals surface area contributed by atoms with E-state index in [0.29, 0.717) is 30.7 Å². The van der Waals surface area contributed by atoms with Crippen LogP contribution in [-0.4, -0.2) is 91.7 Å². The molecule has 0 aromatic heterocycles. The Morgan fingerprint density at radius 2 is 1.39 bits per heavy atom. The number of ether oxygens (including phenoxy) is 3. The van der Waals surface area contributed by atoms with E-state index in [4.69, 9.17) is 14.2 Å². The number of fused-ring (bicyclic) bond motifs is 7. The first-order valence-corrected chi connectivity index (χ1v) is 26.9. The molecule has 7 aliphatic heterocycles. The Balaban J connectivity index is 0.753. The molecule has 11 aliphatic rings. The Morgan fingerprint density at radius 1 is 0.700 bits per heavy atom. The Hall–Kier alpha value is -5.03. The quantitative estimate of drug-likeness (QED) is 0.162. The summed E-state index contributed by atoms with van der Waals surface area (Å²) in [5.41, 5.74) is 6.04. The number of esters is 1. The summed E-state index contributed by atoms with van der Waals surface area (Å²) >= 11 is 0. The van der Waals surface area contributed by atoms with Crippen LogP contribution in [0.25, 0.3) is 0 Å². The van der Waals surface area contributed by atoms with Crippen LogP contribution in [0, 0.1) is 33.5 Å². The zero-order valence-corrected chi connectivity index (χ0v) is 40.9. The highest BCUT2D eigenvalue weighted by molar-refractivity contribution is 6.11. The van der Waals surface area contributed by atoms with Gasteiger partial charge in [-0.05, 0) is 147 Å². The molecule has 0 bridgehead atoms. The average Bonchev–Trinajstić information content (AvgIpc) is 4.02. The summed E-state index contributed by atoms with van der Waals surface area (Å²) in [6.07, 6.45) is 11.2. The largest absolute Gasteiger partial charge is 0.489 e. The van der Waals surface area contributed by atoms with E-state index in [2.05, 4.69) is 118 Å². The van der Waals surface area contributed by atoms with Crippen molar-refractivity contribution in [2.45, 2.75) is 132 Å². The lowest BCUT2D eigenvalue weighted by Crippen LogP contribution is -2.59. The van der Waals surface area contributed by atoms with Crippen molar-refractivity contribution in [3.05, 3.63) is 125 Å². The maximum atomic E-state index is 15.7. The minimum Gasteiger partial charge on any atom is -0.489 e. The molecule has 12 atom stereocenters. The first kappa shape index (κ1) is 42.6. The molecule has 4 saturated heterocycles. The van der Waals surface area contributed by atoms with Gasteiger partial charge in [0.2, 0.25) is 11.8 Å². The lowest BCUT2D eigenvalue weighted by molar-refractivity contribution is -0.159. The highest BCUT2D eigenvalue weighted by Crippen LogP contribution is 2.80. The second kappa shape index (κ2) is 14.6. The lowest BCUT2D eigenvalue weighted by Gasteiger charge is -2.50. The molecule has 4 aromatic carbocycles. The van der Waals surface area contributed by atoms with Crippen molar-refractivity contribution in [3.63, 3.8) is 0 Å². The fraction of sp³-hybridized carbons (Fsp3) is 0.550. The third-order valence-corrected chi connectivity index (χ3v) is 22.1. The summed E-state index contributed by atoms with van der Waals surface area (Å²) in [7, 11) is 1.54. The van der Waals surface area contributed by atoms with E-state index in [1.165, 1.54) is 42.3 Å². The summed E-state index contributed by atoms with van der Waals surface area (Å²) in [4.78, 5) is 54.7. The minimum absolute atomic E-state index is 0.0303. The van der Waals surface area contributed by atoms with Gasteiger partial charge in [0.05, 0.1) is 48.6 Å². The molecule has 10 heteroatoms. The standard InChI is InChI=1S/C60H66N4O6/c1-55-36-56(55)30-47-58(24-27-61(47)33-41(56)18-22-49(55)69-35-39-13-7-4-8-14-39)44-21-20-43(29-46(44)64(53(58)66)32-38-11-5-3-6-12-38)70-50-23-19-42-34-62-28-25-59(48(62)31-57(42)37-60(50,57)54(67)68-2)45-17-9-15-40-16-10-26-63(51(40)45)52(59)65/h3-9,11-15,17,20-21,29,41-42,47-50H,10,16,18-19,22-28,30-37H2,1-2H3/t41-,42-,47-,48-,49-,50-,55-,56+,57+,58-,59-,60-/m0/s1. The number of nitrogens with zero attached hydrogens (tertiary/aromatic N) is 4. The van der Waals surface area contributed by atoms with Crippen LogP contribution < -0.4 is 14.5 Å². The van der Waals surface area contributed by atoms with Gasteiger partial charge in [-0.25, -0.2) is 0 Å². The Bertz CT molecular complexity index is 2880. The number of hydrogen-bond acceptors (Lipinski definition) is 8. The monoisotopic (exact) mass is 938 g/mol. The van der Waals surface area contributed by atoms with Crippen LogP contribution in [0.4, 0.5) is 11.4 Å². The van der Waals surface area contributed by atoms with Gasteiger partial charge in [0.25, 0.3) is 0 Å². The highest BCUT2D eigenvalue weighted by Gasteiger charge is 2.83. The fourth-order valence-electron chi connectivity index (χ4n) is 18.7. The van der Waals surface area contributed by atoms with E-state index >= 15 is 4.79 Å². The van der Waals surface area contributed by atoms with Gasteiger partial charge in [-0.1, -0.05) is 91.9 Å². The number of anilines is 2. The van der Waals surface area contributed by atoms with E-state index < -0.39 is 16.2 Å². The molecular weight excluding hydrogens is 873 g/mol. The molecule has 4 aromatic rings. The normalized spacial score (nSPS) is 40.2. The third-order valence-electron chi connectivity index (χ3n) is 22.1. The first-order chi connectivity index (χ1) is 34.1. The van der Waals surface area contributed by atoms with Crippen LogP contribution in [0.3, 0.4) is 0 Å². The second-order valence-corrected chi connectivity index (χ2v) is 24.3. The number of piperidine rings is 2. The number of para-hydroxylation sites is 1. The van der Waals surface area contributed by atoms with Crippen molar-refractivity contribution in [2.24, 2.45) is 33.5 Å². The van der Waals surface area contributed by atoms with Crippen molar-refractivity contribution in [1.29, 1.82) is 0 Å². The summed E-state index contributed by atoms with van der Waals surface area (Å²) in [6, 6.07) is 34.3. The first-order valence-electron chi connectivity index (χ1n) is 26.9. The number of hydrogen-bond donors (Lipinski definition) is 0. The number of carbonyl (C=O) groups excluding carboxylic acids is 3. The fourth-order valence-corrected chi connectivity index (χ4v) is 18.7. The Labute approximate surface area is 412 Å². The van der Waals surface area contributed by atoms with Gasteiger partial charge in [-0.2, -0.15) is 0 Å². The summed E-state index contributed by atoms with van der Waals surface area (Å²) < 4.78 is 19.9. The van der Waals surface area contributed by atoms with Crippen molar-refractivity contribution in [1.82, 2.24) is 9.80 Å². The number of rotatable bonds is 8. The molecule has 0 unspecified atom stereocenters. The molecule has 15 rings (SSSR count). The molecule has 70 heavy (non-hydrogen) atoms. The number of amides is 2. The molecule has 10 nitrogen and oxygen atoms in total. The van der Waals surface area contributed by atoms with Crippen LogP contribution in [0.1, 0.15) is 105 Å². The molecule has 0 radical (unpaired) electrons. The summed E-state index contributed by atoms with van der Waals surface area (Å²) in [5.74, 6) is 1.98. The van der Waals surface area contributed by atoms with Crippen LogP contribution in [0.5, 0.6) is 5.75 Å². The lowest BCUT2D eigenvalue weighted by atomic mass is 9.61. The number of benzene rings is 4. The maximum Gasteiger partial charge on any atom is 0.316 e. The molecule has 0 N–H and O–H groups in total. The van der Waals surface area contributed by atoms with Gasteiger partial charge in [-0.3, -0.25) is 24.2 Å². The maximum absolute atomic E-state index is 15.7. The zero-order chi connectivity index (χ0) is 47.0. The van der Waals surface area contributed by atoms with Gasteiger partial charge in [0.1, 0.15) is 17.3 Å². The van der Waals surface area contributed by atoms with E-state index in [1.807, 2.05) is 6.07 Å². The summed E-state index contributed by atoms with van der Waals surface area (Å²) in [5, 5.41) is 0. The van der Waals surface area contributed by atoms with Gasteiger partial charge < -0.3 is 24.0 Å². The predicted octanol–water partition coefficient (Wildman–Crippen LogP) is 8.76. The molecule has 4 spiro atoms. The van der Waals surface area contributed by atoms with Crippen molar-refractivity contribution < 1.29 is 28.6 Å². The molecule has 7 heterocycles. The number of aryl methyl sites for hydroxylation is 1. The van der Waals surface area contributed by atoms with Crippen molar-refractivity contribution in [2.75, 3.05) is 49.6 Å². The van der Waals surface area contributed by atoms with Gasteiger partial charge in [0, 0.05) is 43.2 Å². The van der Waals surface area contributed by atoms with Crippen molar-refractivity contribution in [3.8, 4) is 5.75 Å². The molecule has 8 fully saturated rings. The third kappa shape index (κ3) is 5.23. The SMILES string of the molecule is COC(=O)[C@@]12C[C@@]13C[C@@H]1N(CC[C@@]14C(=O)N1CCCc5cccc4c51)C[C@@H]3CC[C@@H]2Oc1ccc2c(c1)N(Cc1ccccc1)C(=O)[C@@]21CCN2C[C@@H]3CC[C@H](OCc4ccccc4)[C@]4(C)C[C@]34C[C@H]21. The Kier molecular flexibility index (Phi) is 8.87. The van der Waals surface area contributed by atoms with Gasteiger partial charge >= 0.3 is 5.97 Å². The molecule has 2 amide bonds. The Morgan fingerprint density at radius 3 is 2.13 bits per heavy atom. The van der Waals surface area contributed by atoms with E-state index in [9.17, 15) is 9.59 Å². The number of carbonyl (C=O) groups is 3. The topological polar surface area (TPSA) is 91.9 Å². The average molecular weight is 939 g/mol. The van der Waals surface area contributed by atoms with E-state index in [1.54, 1.807) is 0 Å². The van der Waals surface area contributed by atoms with Crippen molar-refractivity contribution >= 4 is 29.2 Å². The van der Waals surface area contributed by atoms with E-state index in [0.717, 1.165) is 114 Å². The minimum atomic E-state index is -0.802. The smallest absolute Gasteiger partial charge is 0.316 e.